The first kappa shape index (κ1) is 13.6. The third kappa shape index (κ3) is 3.82. The van der Waals surface area contributed by atoms with E-state index in [2.05, 4.69) is 48.3 Å². The molecule has 2 nitrogen and oxygen atoms in total. The Balaban J connectivity index is 1.90. The number of rotatable bonds is 5. The molecule has 1 aromatic carbocycles. The molecule has 0 saturated carbocycles. The Morgan fingerprint density at radius 3 is 2.61 bits per heavy atom. The van der Waals surface area contributed by atoms with Crippen molar-refractivity contribution in [2.75, 3.05) is 26.2 Å². The maximum Gasteiger partial charge on any atom is 0.0236 e. The number of piperidine rings is 1. The van der Waals surface area contributed by atoms with Crippen LogP contribution in [0.25, 0.3) is 0 Å². The van der Waals surface area contributed by atoms with E-state index < -0.39 is 0 Å². The van der Waals surface area contributed by atoms with E-state index >= 15 is 0 Å². The molecule has 100 valence electrons. The molecule has 1 fully saturated rings. The monoisotopic (exact) mass is 246 g/mol. The molecule has 2 heteroatoms. The topological polar surface area (TPSA) is 15.3 Å². The molecule has 2 rings (SSSR count). The van der Waals surface area contributed by atoms with Crippen molar-refractivity contribution in [3.05, 3.63) is 35.4 Å². The predicted octanol–water partition coefficient (Wildman–Crippen LogP) is 2.82. The van der Waals surface area contributed by atoms with Crippen LogP contribution in [-0.2, 0) is 6.54 Å². The van der Waals surface area contributed by atoms with Crippen LogP contribution in [0.3, 0.4) is 0 Å². The Morgan fingerprint density at radius 2 is 1.94 bits per heavy atom. The van der Waals surface area contributed by atoms with Gasteiger partial charge in [-0.25, -0.2) is 0 Å². The van der Waals surface area contributed by atoms with Crippen LogP contribution in [0.15, 0.2) is 24.3 Å². The summed E-state index contributed by atoms with van der Waals surface area (Å²) in [5, 5.41) is 3.45. The number of benzene rings is 1. The smallest absolute Gasteiger partial charge is 0.0236 e. The van der Waals surface area contributed by atoms with E-state index in [1.807, 2.05) is 0 Å². The lowest BCUT2D eigenvalue weighted by Crippen LogP contribution is -2.36. The van der Waals surface area contributed by atoms with E-state index in [0.29, 0.717) is 0 Å². The van der Waals surface area contributed by atoms with Crippen LogP contribution in [0.1, 0.15) is 30.9 Å². The summed E-state index contributed by atoms with van der Waals surface area (Å²) < 4.78 is 0. The van der Waals surface area contributed by atoms with Gasteiger partial charge in [0.15, 0.2) is 0 Å². The maximum atomic E-state index is 3.45. The molecule has 0 atom stereocenters. The van der Waals surface area contributed by atoms with Crippen LogP contribution in [0.2, 0.25) is 0 Å². The average molecular weight is 246 g/mol. The van der Waals surface area contributed by atoms with E-state index in [9.17, 15) is 0 Å². The molecule has 1 N–H and O–H groups in total. The SMILES string of the molecule is CCN(Cc1ccccc1C)CC1CCNCC1. The first-order chi connectivity index (χ1) is 8.79. The van der Waals surface area contributed by atoms with Crippen LogP contribution in [0, 0.1) is 12.8 Å². The lowest BCUT2D eigenvalue weighted by atomic mass is 9.97. The van der Waals surface area contributed by atoms with E-state index in [1.165, 1.54) is 43.6 Å². The second kappa shape index (κ2) is 6.91. The Hall–Kier alpha value is -0.860. The summed E-state index contributed by atoms with van der Waals surface area (Å²) in [5.74, 6) is 0.884. The second-order valence-corrected chi connectivity index (χ2v) is 5.45. The largest absolute Gasteiger partial charge is 0.317 e. The Morgan fingerprint density at radius 1 is 1.22 bits per heavy atom. The van der Waals surface area contributed by atoms with Crippen LogP contribution in [-0.4, -0.2) is 31.1 Å². The molecule has 0 unspecified atom stereocenters. The normalized spacial score (nSPS) is 17.3. The van der Waals surface area contributed by atoms with Gasteiger partial charge in [-0.1, -0.05) is 31.2 Å². The Labute approximate surface area is 111 Å². The van der Waals surface area contributed by atoms with E-state index in [0.717, 1.165) is 19.0 Å². The average Bonchev–Trinajstić information content (AvgIpc) is 2.41. The summed E-state index contributed by atoms with van der Waals surface area (Å²) in [5.41, 5.74) is 2.90. The summed E-state index contributed by atoms with van der Waals surface area (Å²) in [6.07, 6.45) is 2.68. The lowest BCUT2D eigenvalue weighted by Gasteiger charge is -2.29. The number of nitrogens with zero attached hydrogens (tertiary/aromatic N) is 1. The molecule has 0 aromatic heterocycles. The summed E-state index contributed by atoms with van der Waals surface area (Å²) in [6.45, 7) is 10.4. The van der Waals surface area contributed by atoms with Crippen molar-refractivity contribution in [3.63, 3.8) is 0 Å². The minimum atomic E-state index is 0.884. The zero-order chi connectivity index (χ0) is 12.8. The van der Waals surface area contributed by atoms with Crippen molar-refractivity contribution >= 4 is 0 Å². The Bertz CT molecular complexity index is 356. The Kier molecular flexibility index (Phi) is 5.21. The van der Waals surface area contributed by atoms with Gasteiger partial charge in [-0.05, 0) is 56.4 Å². The molecule has 1 aliphatic rings. The lowest BCUT2D eigenvalue weighted by molar-refractivity contribution is 0.207. The van der Waals surface area contributed by atoms with E-state index in [1.54, 1.807) is 0 Å². The number of hydrogen-bond donors (Lipinski definition) is 1. The highest BCUT2D eigenvalue weighted by Crippen LogP contribution is 2.16. The van der Waals surface area contributed by atoms with Crippen molar-refractivity contribution in [1.29, 1.82) is 0 Å². The van der Waals surface area contributed by atoms with Gasteiger partial charge in [0, 0.05) is 13.1 Å². The van der Waals surface area contributed by atoms with Gasteiger partial charge in [0.05, 0.1) is 0 Å². The molecule has 0 spiro atoms. The third-order valence-electron chi connectivity index (χ3n) is 4.08. The third-order valence-corrected chi connectivity index (χ3v) is 4.08. The first-order valence-electron chi connectivity index (χ1n) is 7.27. The van der Waals surface area contributed by atoms with Gasteiger partial charge in [-0.3, -0.25) is 4.90 Å². The number of hydrogen-bond acceptors (Lipinski definition) is 2. The van der Waals surface area contributed by atoms with Crippen molar-refractivity contribution in [2.24, 2.45) is 5.92 Å². The van der Waals surface area contributed by atoms with Crippen LogP contribution < -0.4 is 5.32 Å². The van der Waals surface area contributed by atoms with Crippen LogP contribution >= 0.6 is 0 Å². The van der Waals surface area contributed by atoms with E-state index in [-0.39, 0.29) is 0 Å². The van der Waals surface area contributed by atoms with Crippen molar-refractivity contribution in [1.82, 2.24) is 10.2 Å². The number of aryl methyl sites for hydroxylation is 1. The fraction of sp³-hybridized carbons (Fsp3) is 0.625. The van der Waals surface area contributed by atoms with Crippen LogP contribution in [0.4, 0.5) is 0 Å². The van der Waals surface area contributed by atoms with Gasteiger partial charge in [-0.15, -0.1) is 0 Å². The van der Waals surface area contributed by atoms with Gasteiger partial charge in [0.25, 0.3) is 0 Å². The molecule has 1 aliphatic heterocycles. The predicted molar refractivity (Wildman–Crippen MR) is 77.7 cm³/mol. The van der Waals surface area contributed by atoms with Crippen molar-refractivity contribution < 1.29 is 0 Å². The molecular weight excluding hydrogens is 220 g/mol. The van der Waals surface area contributed by atoms with Crippen molar-refractivity contribution in [3.8, 4) is 0 Å². The summed E-state index contributed by atoms with van der Waals surface area (Å²) in [4.78, 5) is 2.60. The summed E-state index contributed by atoms with van der Waals surface area (Å²) >= 11 is 0. The van der Waals surface area contributed by atoms with Gasteiger partial charge in [0.1, 0.15) is 0 Å². The fourth-order valence-corrected chi connectivity index (χ4v) is 2.76. The molecular formula is C16H26N2. The van der Waals surface area contributed by atoms with Gasteiger partial charge in [0.2, 0.25) is 0 Å². The highest BCUT2D eigenvalue weighted by molar-refractivity contribution is 5.25. The molecule has 1 heterocycles. The minimum Gasteiger partial charge on any atom is -0.317 e. The van der Waals surface area contributed by atoms with Gasteiger partial charge >= 0.3 is 0 Å². The molecule has 1 saturated heterocycles. The molecule has 0 amide bonds. The highest BCUT2D eigenvalue weighted by atomic mass is 15.1. The molecule has 1 aromatic rings. The minimum absolute atomic E-state index is 0.884. The highest BCUT2D eigenvalue weighted by Gasteiger charge is 2.16. The van der Waals surface area contributed by atoms with Crippen molar-refractivity contribution in [2.45, 2.75) is 33.2 Å². The summed E-state index contributed by atoms with van der Waals surface area (Å²) in [7, 11) is 0. The second-order valence-electron chi connectivity index (χ2n) is 5.45. The maximum absolute atomic E-state index is 3.45. The fourth-order valence-electron chi connectivity index (χ4n) is 2.76. The molecule has 18 heavy (non-hydrogen) atoms. The zero-order valence-corrected chi connectivity index (χ0v) is 11.8. The first-order valence-corrected chi connectivity index (χ1v) is 7.27. The standard InChI is InChI=1S/C16H26N2/c1-3-18(12-15-8-10-17-11-9-15)13-16-7-5-4-6-14(16)2/h4-7,15,17H,3,8-13H2,1-2H3. The van der Waals surface area contributed by atoms with Gasteiger partial charge < -0.3 is 5.32 Å². The molecule has 0 aliphatic carbocycles. The molecule has 0 radical (unpaired) electrons. The quantitative estimate of drug-likeness (QED) is 0.859. The van der Waals surface area contributed by atoms with E-state index in [4.69, 9.17) is 0 Å². The van der Waals surface area contributed by atoms with Crippen LogP contribution in [0.5, 0.6) is 0 Å². The van der Waals surface area contributed by atoms with Gasteiger partial charge in [-0.2, -0.15) is 0 Å². The molecule has 0 bridgehead atoms. The number of nitrogens with one attached hydrogen (secondary N) is 1. The zero-order valence-electron chi connectivity index (χ0n) is 11.8. The summed E-state index contributed by atoms with van der Waals surface area (Å²) in [6, 6.07) is 8.76.